The number of hydrogen-bond donors (Lipinski definition) is 2. The van der Waals surface area contributed by atoms with Crippen LogP contribution in [-0.4, -0.2) is 40.9 Å². The molecule has 2 atom stereocenters. The van der Waals surface area contributed by atoms with Crippen LogP contribution in [0.2, 0.25) is 5.02 Å². The minimum Gasteiger partial charge on any atom is -0.487 e. The van der Waals surface area contributed by atoms with Gasteiger partial charge >= 0.3 is 5.97 Å². The standard InChI is InChI=1S/C20H22ClN3O4/c1-10-9-28-17-15(23-5-2-11(8-23)20(22)3-4-20)7-14(21)12-6-13(19(26)27)18(25)24(10)16(12)17/h6-7,10-11H,2-5,8-9,22H2,1H3,(H,26,27)/t10-,11+/m0/s1. The zero-order valence-corrected chi connectivity index (χ0v) is 16.3. The third-order valence-electron chi connectivity index (χ3n) is 6.51. The first-order chi connectivity index (χ1) is 13.3. The largest absolute Gasteiger partial charge is 0.487 e. The van der Waals surface area contributed by atoms with Crippen LogP contribution in [-0.2, 0) is 0 Å². The van der Waals surface area contributed by atoms with Crippen molar-refractivity contribution >= 4 is 34.2 Å². The molecule has 0 bridgehead atoms. The Labute approximate surface area is 166 Å². The molecule has 1 saturated heterocycles. The SMILES string of the molecule is C[C@H]1COc2c(N3CC[C@@H](C4(N)CC4)C3)cc(Cl)c3cc(C(=O)O)c(=O)n1c23. The van der Waals surface area contributed by atoms with E-state index in [0.717, 1.165) is 38.0 Å². The maximum atomic E-state index is 12.8. The van der Waals surface area contributed by atoms with Gasteiger partial charge in [0, 0.05) is 24.0 Å². The average molecular weight is 404 g/mol. The van der Waals surface area contributed by atoms with Gasteiger partial charge in [0.05, 0.1) is 22.3 Å². The van der Waals surface area contributed by atoms with E-state index in [1.54, 1.807) is 0 Å². The molecule has 2 aliphatic heterocycles. The van der Waals surface area contributed by atoms with Crippen molar-refractivity contribution in [3.8, 4) is 5.75 Å². The van der Waals surface area contributed by atoms with Crippen LogP contribution in [0, 0.1) is 5.92 Å². The Morgan fingerprint density at radius 2 is 2.14 bits per heavy atom. The Hall–Kier alpha value is -2.25. The van der Waals surface area contributed by atoms with Gasteiger partial charge in [0.25, 0.3) is 5.56 Å². The van der Waals surface area contributed by atoms with Crippen LogP contribution in [0.4, 0.5) is 5.69 Å². The number of aromatic carboxylic acids is 1. The van der Waals surface area contributed by atoms with E-state index in [0.29, 0.717) is 34.2 Å². The van der Waals surface area contributed by atoms with E-state index in [2.05, 4.69) is 4.90 Å². The van der Waals surface area contributed by atoms with Gasteiger partial charge in [-0.25, -0.2) is 4.79 Å². The highest BCUT2D eigenvalue weighted by Crippen LogP contribution is 2.48. The average Bonchev–Trinajstić information content (AvgIpc) is 3.20. The Kier molecular flexibility index (Phi) is 3.74. The van der Waals surface area contributed by atoms with Crippen LogP contribution in [0.5, 0.6) is 5.75 Å². The van der Waals surface area contributed by atoms with Crippen LogP contribution in [0.3, 0.4) is 0 Å². The topological polar surface area (TPSA) is 97.8 Å². The van der Waals surface area contributed by atoms with Crippen molar-refractivity contribution in [2.24, 2.45) is 11.7 Å². The van der Waals surface area contributed by atoms with E-state index in [4.69, 9.17) is 22.1 Å². The zero-order chi connectivity index (χ0) is 19.8. The Morgan fingerprint density at radius 1 is 1.39 bits per heavy atom. The maximum absolute atomic E-state index is 12.8. The molecule has 2 aromatic rings. The number of carbonyl (C=O) groups is 1. The van der Waals surface area contributed by atoms with Gasteiger partial charge in [-0.3, -0.25) is 9.36 Å². The highest BCUT2D eigenvalue weighted by Gasteiger charge is 2.48. The number of nitrogens with zero attached hydrogens (tertiary/aromatic N) is 2. The normalized spacial score (nSPS) is 25.0. The van der Waals surface area contributed by atoms with Gasteiger partial charge in [-0.2, -0.15) is 0 Å². The zero-order valence-electron chi connectivity index (χ0n) is 15.6. The molecule has 3 heterocycles. The molecular formula is C20H22ClN3O4. The van der Waals surface area contributed by atoms with E-state index in [9.17, 15) is 14.7 Å². The molecule has 8 heteroatoms. The second-order valence-corrected chi connectivity index (χ2v) is 8.74. The van der Waals surface area contributed by atoms with Crippen molar-refractivity contribution in [3.63, 3.8) is 0 Å². The van der Waals surface area contributed by atoms with Crippen molar-refractivity contribution in [2.75, 3.05) is 24.6 Å². The molecule has 0 amide bonds. The van der Waals surface area contributed by atoms with Gasteiger partial charge in [0.15, 0.2) is 5.75 Å². The molecule has 2 fully saturated rings. The lowest BCUT2D eigenvalue weighted by molar-refractivity contribution is 0.0694. The number of benzene rings is 1. The number of carboxylic acid groups (broad SMARTS) is 1. The quantitative estimate of drug-likeness (QED) is 0.817. The third-order valence-corrected chi connectivity index (χ3v) is 6.82. The van der Waals surface area contributed by atoms with Crippen molar-refractivity contribution in [2.45, 2.75) is 37.8 Å². The molecule has 1 aromatic carbocycles. The predicted octanol–water partition coefficient (Wildman–Crippen LogP) is 2.62. The summed E-state index contributed by atoms with van der Waals surface area (Å²) in [6.07, 6.45) is 3.16. The highest BCUT2D eigenvalue weighted by molar-refractivity contribution is 6.36. The number of hydrogen-bond acceptors (Lipinski definition) is 5. The number of pyridine rings is 1. The summed E-state index contributed by atoms with van der Waals surface area (Å²) in [6, 6.07) is 2.91. The fraction of sp³-hybridized carbons (Fsp3) is 0.500. The first-order valence-electron chi connectivity index (χ1n) is 9.62. The Morgan fingerprint density at radius 3 is 2.82 bits per heavy atom. The number of nitrogens with two attached hydrogens (primary N) is 1. The van der Waals surface area contributed by atoms with Gasteiger partial charge in [0.1, 0.15) is 12.2 Å². The van der Waals surface area contributed by atoms with Crippen molar-refractivity contribution in [3.05, 3.63) is 33.1 Å². The van der Waals surface area contributed by atoms with Gasteiger partial charge < -0.3 is 20.5 Å². The molecule has 3 N–H and O–H groups in total. The summed E-state index contributed by atoms with van der Waals surface area (Å²) >= 11 is 6.57. The summed E-state index contributed by atoms with van der Waals surface area (Å²) in [4.78, 5) is 26.6. The molecule has 1 saturated carbocycles. The lowest BCUT2D eigenvalue weighted by Crippen LogP contribution is -2.36. The summed E-state index contributed by atoms with van der Waals surface area (Å²) < 4.78 is 7.58. The molecule has 28 heavy (non-hydrogen) atoms. The first-order valence-corrected chi connectivity index (χ1v) is 9.99. The van der Waals surface area contributed by atoms with Crippen LogP contribution in [0.1, 0.15) is 42.6 Å². The number of halogens is 1. The predicted molar refractivity (Wildman–Crippen MR) is 107 cm³/mol. The molecule has 0 spiro atoms. The molecule has 148 valence electrons. The summed E-state index contributed by atoms with van der Waals surface area (Å²) in [7, 11) is 0. The fourth-order valence-electron chi connectivity index (χ4n) is 4.66. The van der Waals surface area contributed by atoms with Gasteiger partial charge in [-0.1, -0.05) is 11.6 Å². The fourth-order valence-corrected chi connectivity index (χ4v) is 4.91. The summed E-state index contributed by atoms with van der Waals surface area (Å²) in [5.41, 5.74) is 7.01. The van der Waals surface area contributed by atoms with Crippen LogP contribution < -0.4 is 20.9 Å². The first kappa shape index (κ1) is 17.8. The lowest BCUT2D eigenvalue weighted by Gasteiger charge is -2.31. The van der Waals surface area contributed by atoms with Crippen molar-refractivity contribution in [1.29, 1.82) is 0 Å². The second kappa shape index (κ2) is 5.87. The number of aromatic nitrogens is 1. The minimum absolute atomic E-state index is 0.0412. The molecule has 5 rings (SSSR count). The van der Waals surface area contributed by atoms with E-state index in [1.165, 1.54) is 10.6 Å². The minimum atomic E-state index is -1.25. The Bertz CT molecular complexity index is 1080. The maximum Gasteiger partial charge on any atom is 0.341 e. The van der Waals surface area contributed by atoms with Crippen LogP contribution in [0.15, 0.2) is 16.9 Å². The summed E-state index contributed by atoms with van der Waals surface area (Å²) in [6.45, 7) is 3.83. The number of rotatable bonds is 3. The third kappa shape index (κ3) is 2.46. The van der Waals surface area contributed by atoms with E-state index < -0.39 is 11.5 Å². The molecule has 0 radical (unpaired) electrons. The van der Waals surface area contributed by atoms with Crippen molar-refractivity contribution < 1.29 is 14.6 Å². The molecule has 1 aromatic heterocycles. The molecule has 7 nitrogen and oxygen atoms in total. The van der Waals surface area contributed by atoms with Crippen LogP contribution in [0.25, 0.3) is 10.9 Å². The number of anilines is 1. The number of ether oxygens (including phenoxy) is 1. The lowest BCUT2D eigenvalue weighted by atomic mass is 9.97. The highest BCUT2D eigenvalue weighted by atomic mass is 35.5. The van der Waals surface area contributed by atoms with Crippen molar-refractivity contribution in [1.82, 2.24) is 4.57 Å². The molecule has 1 aliphatic carbocycles. The second-order valence-electron chi connectivity index (χ2n) is 8.33. The van der Waals surface area contributed by atoms with Gasteiger partial charge in [-0.15, -0.1) is 0 Å². The number of carboxylic acids is 1. The summed E-state index contributed by atoms with van der Waals surface area (Å²) in [5.74, 6) is -0.210. The Balaban J connectivity index is 1.70. The van der Waals surface area contributed by atoms with E-state index >= 15 is 0 Å². The smallest absolute Gasteiger partial charge is 0.341 e. The van der Waals surface area contributed by atoms with Crippen LogP contribution >= 0.6 is 11.6 Å². The van der Waals surface area contributed by atoms with E-state index in [-0.39, 0.29) is 17.1 Å². The van der Waals surface area contributed by atoms with Gasteiger partial charge in [-0.05, 0) is 44.2 Å². The molecule has 3 aliphatic rings. The molecular weight excluding hydrogens is 382 g/mol. The van der Waals surface area contributed by atoms with Gasteiger partial charge in [0.2, 0.25) is 0 Å². The summed E-state index contributed by atoms with van der Waals surface area (Å²) in [5, 5.41) is 10.4. The molecule has 0 unspecified atom stereocenters. The van der Waals surface area contributed by atoms with E-state index in [1.807, 2.05) is 13.0 Å². The monoisotopic (exact) mass is 403 g/mol.